The predicted octanol–water partition coefficient (Wildman–Crippen LogP) is 4.78. The van der Waals surface area contributed by atoms with E-state index in [0.717, 1.165) is 18.4 Å². The zero-order valence-electron chi connectivity index (χ0n) is 13.8. The van der Waals surface area contributed by atoms with Gasteiger partial charge in [0.2, 0.25) is 0 Å². The molecule has 0 saturated carbocycles. The number of allylic oxidation sites excluding steroid dienone is 1. The van der Waals surface area contributed by atoms with Crippen LogP contribution in [0.25, 0.3) is 16.8 Å². The molecule has 3 nitrogen and oxygen atoms in total. The summed E-state index contributed by atoms with van der Waals surface area (Å²) in [5, 5.41) is 2.39. The molecular formula is C20H23NO2. The molecule has 2 aromatic carbocycles. The summed E-state index contributed by atoms with van der Waals surface area (Å²) in [5.74, 6) is 0. The van der Waals surface area contributed by atoms with E-state index >= 15 is 0 Å². The fourth-order valence-electron chi connectivity index (χ4n) is 3.22. The third kappa shape index (κ3) is 3.09. The van der Waals surface area contributed by atoms with Crippen molar-refractivity contribution in [1.82, 2.24) is 4.90 Å². The van der Waals surface area contributed by atoms with Crippen LogP contribution in [0.2, 0.25) is 0 Å². The number of amides is 1. The second-order valence-electron chi connectivity index (χ2n) is 5.82. The maximum Gasteiger partial charge on any atom is 0.410 e. The van der Waals surface area contributed by atoms with Crippen molar-refractivity contribution in [3.63, 3.8) is 0 Å². The van der Waals surface area contributed by atoms with Crippen LogP contribution in [0.3, 0.4) is 0 Å². The lowest BCUT2D eigenvalue weighted by atomic mass is 9.89. The molecule has 120 valence electrons. The molecule has 1 aliphatic carbocycles. The summed E-state index contributed by atoms with van der Waals surface area (Å²) in [6.45, 7) is 5.59. The van der Waals surface area contributed by atoms with Gasteiger partial charge >= 0.3 is 6.09 Å². The average Bonchev–Trinajstić information content (AvgIpc) is 2.59. The molecule has 0 aliphatic heterocycles. The zero-order chi connectivity index (χ0) is 16.2. The van der Waals surface area contributed by atoms with Gasteiger partial charge in [-0.2, -0.15) is 0 Å². The van der Waals surface area contributed by atoms with Gasteiger partial charge in [-0.1, -0.05) is 42.5 Å². The van der Waals surface area contributed by atoms with Gasteiger partial charge in [-0.15, -0.1) is 0 Å². The summed E-state index contributed by atoms with van der Waals surface area (Å²) in [6, 6.07) is 10.6. The molecule has 0 fully saturated rings. The molecule has 0 spiro atoms. The van der Waals surface area contributed by atoms with E-state index in [1.54, 1.807) is 4.90 Å². The fraction of sp³-hybridized carbons (Fsp3) is 0.350. The molecule has 0 radical (unpaired) electrons. The van der Waals surface area contributed by atoms with Crippen molar-refractivity contribution in [2.45, 2.75) is 33.3 Å². The zero-order valence-corrected chi connectivity index (χ0v) is 13.8. The van der Waals surface area contributed by atoms with Crippen LogP contribution in [0.4, 0.5) is 4.79 Å². The maximum atomic E-state index is 12.2. The highest BCUT2D eigenvalue weighted by atomic mass is 16.6. The molecule has 0 heterocycles. The molecule has 2 aromatic rings. The normalized spacial score (nSPS) is 13.0. The van der Waals surface area contributed by atoms with E-state index in [9.17, 15) is 4.79 Å². The van der Waals surface area contributed by atoms with Crippen LogP contribution in [-0.2, 0) is 17.8 Å². The van der Waals surface area contributed by atoms with E-state index in [1.165, 1.54) is 21.9 Å². The molecule has 0 aromatic heterocycles. The first-order chi connectivity index (χ1) is 11.2. The quantitative estimate of drug-likeness (QED) is 0.813. The Hall–Kier alpha value is -2.29. The average molecular weight is 309 g/mol. The van der Waals surface area contributed by atoms with Gasteiger partial charge in [0.15, 0.2) is 0 Å². The summed E-state index contributed by atoms with van der Waals surface area (Å²) in [5.41, 5.74) is 3.69. The van der Waals surface area contributed by atoms with Gasteiger partial charge < -0.3 is 9.64 Å². The van der Waals surface area contributed by atoms with Crippen LogP contribution in [0.5, 0.6) is 0 Å². The minimum atomic E-state index is -0.239. The van der Waals surface area contributed by atoms with Gasteiger partial charge in [-0.3, -0.25) is 0 Å². The number of nitrogens with zero attached hydrogens (tertiary/aromatic N) is 1. The molecule has 0 N–H and O–H groups in total. The maximum absolute atomic E-state index is 12.2. The molecule has 0 unspecified atom stereocenters. The smallest absolute Gasteiger partial charge is 0.410 e. The standard InChI is InChI=1S/C20H23NO2/c1-3-21(4-2)20(22)23-14-19-17-11-7-5-9-15(17)13-16-10-6-8-12-18(16)19/h5,7-9,11-13H,3-4,6,10,14H2,1-2H3. The largest absolute Gasteiger partial charge is 0.444 e. The number of aryl methyl sites for hydroxylation is 1. The van der Waals surface area contributed by atoms with Crippen molar-refractivity contribution in [2.24, 2.45) is 0 Å². The van der Waals surface area contributed by atoms with Crippen LogP contribution in [-0.4, -0.2) is 24.1 Å². The molecule has 0 bridgehead atoms. The molecule has 0 atom stereocenters. The van der Waals surface area contributed by atoms with Gasteiger partial charge in [0.05, 0.1) is 0 Å². The van der Waals surface area contributed by atoms with E-state index < -0.39 is 0 Å². The molecule has 3 rings (SSSR count). The van der Waals surface area contributed by atoms with E-state index in [4.69, 9.17) is 4.74 Å². The Labute approximate surface area is 137 Å². The van der Waals surface area contributed by atoms with Crippen molar-refractivity contribution in [3.8, 4) is 0 Å². The van der Waals surface area contributed by atoms with E-state index in [2.05, 4.69) is 36.4 Å². The van der Waals surface area contributed by atoms with E-state index in [1.807, 2.05) is 19.9 Å². The van der Waals surface area contributed by atoms with Crippen LogP contribution >= 0.6 is 0 Å². The van der Waals surface area contributed by atoms with Crippen molar-refractivity contribution >= 4 is 22.9 Å². The molecule has 23 heavy (non-hydrogen) atoms. The van der Waals surface area contributed by atoms with E-state index in [-0.39, 0.29) is 6.09 Å². The first-order valence-electron chi connectivity index (χ1n) is 8.36. The number of fused-ring (bicyclic) bond motifs is 2. The summed E-state index contributed by atoms with van der Waals surface area (Å²) >= 11 is 0. The lowest BCUT2D eigenvalue weighted by molar-refractivity contribution is 0.100. The van der Waals surface area contributed by atoms with Crippen molar-refractivity contribution in [3.05, 3.63) is 53.1 Å². The second-order valence-corrected chi connectivity index (χ2v) is 5.82. The number of benzene rings is 2. The number of carbonyl (C=O) groups excluding carboxylic acids is 1. The number of rotatable bonds is 4. The molecular weight excluding hydrogens is 286 g/mol. The predicted molar refractivity (Wildman–Crippen MR) is 94.4 cm³/mol. The highest BCUT2D eigenvalue weighted by Crippen LogP contribution is 2.31. The Morgan fingerprint density at radius 3 is 2.78 bits per heavy atom. The molecule has 1 aliphatic rings. The monoisotopic (exact) mass is 309 g/mol. The number of hydrogen-bond donors (Lipinski definition) is 0. The van der Waals surface area contributed by atoms with Crippen molar-refractivity contribution in [1.29, 1.82) is 0 Å². The molecule has 0 saturated heterocycles. The second kappa shape index (κ2) is 6.86. The Kier molecular flexibility index (Phi) is 4.65. The number of carbonyl (C=O) groups is 1. The topological polar surface area (TPSA) is 29.5 Å². The summed E-state index contributed by atoms with van der Waals surface area (Å²) in [7, 11) is 0. The Bertz CT molecular complexity index is 745. The minimum absolute atomic E-state index is 0.239. The summed E-state index contributed by atoms with van der Waals surface area (Å²) < 4.78 is 5.60. The lowest BCUT2D eigenvalue weighted by Gasteiger charge is -2.21. The summed E-state index contributed by atoms with van der Waals surface area (Å²) in [4.78, 5) is 13.9. The van der Waals surface area contributed by atoms with Gasteiger partial charge in [-0.05, 0) is 48.6 Å². The van der Waals surface area contributed by atoms with Gasteiger partial charge in [0.1, 0.15) is 6.61 Å². The Morgan fingerprint density at radius 1 is 1.22 bits per heavy atom. The molecule has 1 amide bonds. The first-order valence-corrected chi connectivity index (χ1v) is 8.36. The van der Waals surface area contributed by atoms with Crippen LogP contribution in [0.15, 0.2) is 36.4 Å². The minimum Gasteiger partial charge on any atom is -0.444 e. The van der Waals surface area contributed by atoms with Gasteiger partial charge in [0.25, 0.3) is 0 Å². The lowest BCUT2D eigenvalue weighted by Crippen LogP contribution is -2.31. The first kappa shape index (κ1) is 15.6. The van der Waals surface area contributed by atoms with Gasteiger partial charge in [0, 0.05) is 18.7 Å². The van der Waals surface area contributed by atoms with Gasteiger partial charge in [-0.25, -0.2) is 4.79 Å². The Morgan fingerprint density at radius 2 is 2.00 bits per heavy atom. The fourth-order valence-corrected chi connectivity index (χ4v) is 3.22. The van der Waals surface area contributed by atoms with Crippen molar-refractivity contribution < 1.29 is 9.53 Å². The van der Waals surface area contributed by atoms with Crippen LogP contribution < -0.4 is 0 Å². The van der Waals surface area contributed by atoms with Crippen LogP contribution in [0.1, 0.15) is 37.0 Å². The Balaban J connectivity index is 1.96. The van der Waals surface area contributed by atoms with E-state index in [0.29, 0.717) is 19.7 Å². The third-order valence-corrected chi connectivity index (χ3v) is 4.51. The number of ether oxygens (including phenoxy) is 1. The number of hydrogen-bond acceptors (Lipinski definition) is 2. The van der Waals surface area contributed by atoms with Crippen molar-refractivity contribution in [2.75, 3.05) is 13.1 Å². The third-order valence-electron chi connectivity index (χ3n) is 4.51. The SMILES string of the molecule is CCN(CC)C(=O)OCc1c2c(cc3ccccc13)CCC=C2. The van der Waals surface area contributed by atoms with Crippen LogP contribution in [0, 0.1) is 0 Å². The molecule has 3 heteroatoms. The summed E-state index contributed by atoms with van der Waals surface area (Å²) in [6.07, 6.45) is 6.26. The highest BCUT2D eigenvalue weighted by molar-refractivity contribution is 5.90. The highest BCUT2D eigenvalue weighted by Gasteiger charge is 2.16.